The Morgan fingerprint density at radius 2 is 1.26 bits per heavy atom. The molecule has 1 aromatic carbocycles. The first-order valence-electron chi connectivity index (χ1n) is 36.5. The van der Waals surface area contributed by atoms with Crippen LogP contribution in [0.2, 0.25) is 5.02 Å². The Morgan fingerprint density at radius 1 is 0.660 bits per heavy atom. The molecule has 5 aliphatic rings. The first kappa shape index (κ1) is 84.3. The normalized spacial score (nSPS) is 26.7. The van der Waals surface area contributed by atoms with Crippen LogP contribution in [0.4, 0.5) is 13.2 Å². The Morgan fingerprint density at radius 3 is 1.81 bits per heavy atom. The highest BCUT2D eigenvalue weighted by Crippen LogP contribution is 2.39. The summed E-state index contributed by atoms with van der Waals surface area (Å²) in [6.07, 6.45) is 1.81. The lowest BCUT2D eigenvalue weighted by Gasteiger charge is -2.45. The number of benzene rings is 1. The van der Waals surface area contributed by atoms with Crippen molar-refractivity contribution < 1.29 is 75.5 Å². The molecule has 5 fully saturated rings. The second-order valence-electron chi connectivity index (χ2n) is 30.4. The van der Waals surface area contributed by atoms with Crippen LogP contribution in [0, 0.1) is 23.7 Å². The van der Waals surface area contributed by atoms with Gasteiger partial charge in [0.05, 0.1) is 30.0 Å². The van der Waals surface area contributed by atoms with E-state index < -0.39 is 185 Å². The molecule has 0 aromatic heterocycles. The Labute approximate surface area is 610 Å². The van der Waals surface area contributed by atoms with Gasteiger partial charge in [-0.15, -0.1) is 0 Å². The standard InChI is InChI=1S/C73H113ClF3N13O13/c1-17-44(4)60-69(101)84(11)45(5)64(96)90-36-33-52(90)68(100)87(14)55(39-46-25-19-18-20-26-46)67(99)83(10)42-57(91)78-51(32-30-47-29-31-49(50(74)38-47)73(75,76)77)65(97)86(13)54(40-58(92)81(6)7)63(95)80-72(34-23-24-35-72)71(103)89(16)61(48-27-21-22-28-48)70(102)88(15)56(66(98)82(8)9)41-59(93)85(12)53(37-43(2)3)62(94)79-60/h29,31,38,43-46,48,51-56,60-61H,17-28,30,32-37,39-42H2,1-16H3,(H,78,91)(H,79,94)(H,80,95)/t44-,45-,51-,52-,53+,54-,55-,56-,60-,61-/m0/s1. The molecular weight excluding hydrogens is 1360 g/mol. The number of likely N-dealkylation sites (N-methyl/N-ethyl adjacent to an activating group) is 8. The van der Waals surface area contributed by atoms with Crippen LogP contribution in [0.1, 0.15) is 174 Å². The molecule has 0 radical (unpaired) electrons. The first-order chi connectivity index (χ1) is 48.2. The Hall–Kier alpha value is -7.59. The second kappa shape index (κ2) is 36.4. The summed E-state index contributed by atoms with van der Waals surface area (Å²) in [7, 11) is 15.4. The zero-order valence-corrected chi connectivity index (χ0v) is 64.0. The van der Waals surface area contributed by atoms with Gasteiger partial charge in [0.25, 0.3) is 0 Å². The van der Waals surface area contributed by atoms with Gasteiger partial charge in [0.1, 0.15) is 59.9 Å². The molecule has 6 rings (SSSR count). The zero-order valence-electron chi connectivity index (χ0n) is 63.3. The number of rotatable bonds is 13. The fraction of sp³-hybridized carbons (Fsp3) is 0.740. The Kier molecular flexibility index (Phi) is 29.8. The number of hydrogen-bond acceptors (Lipinski definition) is 13. The number of nitrogens with one attached hydrogen (secondary N) is 3. The van der Waals surface area contributed by atoms with Crippen LogP contribution in [0.3, 0.4) is 0 Å². The molecule has 0 bridgehead atoms. The van der Waals surface area contributed by atoms with Gasteiger partial charge >= 0.3 is 6.18 Å². The minimum atomic E-state index is -4.80. The van der Waals surface area contributed by atoms with E-state index in [9.17, 15) is 51.5 Å². The molecule has 3 aliphatic carbocycles. The van der Waals surface area contributed by atoms with E-state index in [1.54, 1.807) is 6.92 Å². The summed E-state index contributed by atoms with van der Waals surface area (Å²) in [4.78, 5) is 206. The zero-order chi connectivity index (χ0) is 77.0. The van der Waals surface area contributed by atoms with Gasteiger partial charge in [-0.3, -0.25) is 62.3 Å². The molecule has 26 nitrogen and oxygen atoms in total. The summed E-state index contributed by atoms with van der Waals surface area (Å²) in [5, 5.41) is 7.91. The number of halogens is 4. The van der Waals surface area contributed by atoms with Crippen molar-refractivity contribution in [3.8, 4) is 0 Å². The van der Waals surface area contributed by atoms with Gasteiger partial charge < -0.3 is 64.9 Å². The number of nitrogens with zero attached hydrogens (tertiary/aromatic N) is 10. The topological polar surface area (TPSA) is 290 Å². The number of fused-ring (bicyclic) bond motifs is 1. The number of alkyl halides is 3. The van der Waals surface area contributed by atoms with Gasteiger partial charge in [0, 0.05) is 84.1 Å². The van der Waals surface area contributed by atoms with Gasteiger partial charge in [-0.25, -0.2) is 0 Å². The molecule has 2 saturated heterocycles. The number of hydrogen-bond donors (Lipinski definition) is 3. The molecule has 3 N–H and O–H groups in total. The smallest absolute Gasteiger partial charge is 0.349 e. The van der Waals surface area contributed by atoms with E-state index in [0.717, 1.165) is 65.0 Å². The predicted molar refractivity (Wildman–Crippen MR) is 379 cm³/mol. The molecule has 576 valence electrons. The molecule has 0 unspecified atom stereocenters. The maximum atomic E-state index is 15.7. The molecule has 2 heterocycles. The second-order valence-corrected chi connectivity index (χ2v) is 30.8. The van der Waals surface area contributed by atoms with Gasteiger partial charge in [-0.2, -0.15) is 13.2 Å². The Bertz CT molecular complexity index is 3270. The number of amides is 13. The Balaban J connectivity index is 1.48. The predicted octanol–water partition coefficient (Wildman–Crippen LogP) is 4.95. The minimum absolute atomic E-state index is 0.0141. The quantitative estimate of drug-likeness (QED) is 0.236. The van der Waals surface area contributed by atoms with E-state index in [1.165, 1.54) is 119 Å². The van der Waals surface area contributed by atoms with Crippen molar-refractivity contribution in [3.05, 3.63) is 34.3 Å². The average molecular weight is 1470 g/mol. The van der Waals surface area contributed by atoms with Crippen molar-refractivity contribution >= 4 is 88.4 Å². The molecule has 2 aliphatic heterocycles. The van der Waals surface area contributed by atoms with E-state index in [-0.39, 0.29) is 68.9 Å². The fourth-order valence-electron chi connectivity index (χ4n) is 15.2. The average Bonchev–Trinajstić information content (AvgIpc) is 1.43. The van der Waals surface area contributed by atoms with E-state index in [1.807, 2.05) is 20.8 Å². The molecule has 30 heteroatoms. The van der Waals surface area contributed by atoms with Crippen LogP contribution in [-0.4, -0.2) is 276 Å². The summed E-state index contributed by atoms with van der Waals surface area (Å²) >= 11 is 6.17. The number of carbonyl (C=O) groups is 13. The van der Waals surface area contributed by atoms with Crippen LogP contribution >= 0.6 is 11.6 Å². The SMILES string of the molecule is CC[C@H](C)[C@@H]1NC(=O)[C@@H](CC(C)C)N(C)C(=O)C[C@@H](C(=O)N(C)C)N(C)C(=O)[C@H](C2CCCC2)N(C)C(=O)C2(CCCC2)NC(=O)[C@H](CC(=O)N(C)C)N(C)C(=O)[C@H](CCc2ccc(C(F)(F)F)c(Cl)c2)NC(=O)CN(C)C(=O)[C@H](CC2CCCCC2)N(C)C(=O)[C@@H]2CCN2C(=O)[C@H](C)N(C)C1=O. The molecule has 10 atom stereocenters. The summed E-state index contributed by atoms with van der Waals surface area (Å²) < 4.78 is 41.8. The van der Waals surface area contributed by atoms with Crippen molar-refractivity contribution in [3.63, 3.8) is 0 Å². The first-order valence-corrected chi connectivity index (χ1v) is 36.9. The monoisotopic (exact) mass is 1470 g/mol. The largest absolute Gasteiger partial charge is 0.417 e. The highest BCUT2D eigenvalue weighted by atomic mass is 35.5. The molecule has 103 heavy (non-hydrogen) atoms. The summed E-state index contributed by atoms with van der Waals surface area (Å²) in [5.74, 6) is -10.5. The molecule has 1 aromatic rings. The third-order valence-corrected chi connectivity index (χ3v) is 22.6. The number of aryl methyl sites for hydroxylation is 1. The van der Waals surface area contributed by atoms with Crippen molar-refractivity contribution in [1.29, 1.82) is 0 Å². The van der Waals surface area contributed by atoms with Gasteiger partial charge in [0.15, 0.2) is 0 Å². The molecular formula is C73H113ClF3N13O13. The van der Waals surface area contributed by atoms with Crippen molar-refractivity contribution in [2.24, 2.45) is 23.7 Å². The van der Waals surface area contributed by atoms with Crippen LogP contribution < -0.4 is 16.0 Å². The van der Waals surface area contributed by atoms with E-state index in [0.29, 0.717) is 44.9 Å². The lowest BCUT2D eigenvalue weighted by molar-refractivity contribution is -0.160. The van der Waals surface area contributed by atoms with Crippen molar-refractivity contribution in [2.45, 2.75) is 236 Å². The minimum Gasteiger partial charge on any atom is -0.349 e. The van der Waals surface area contributed by atoms with Crippen LogP contribution in [0.15, 0.2) is 18.2 Å². The van der Waals surface area contributed by atoms with E-state index in [4.69, 9.17) is 11.6 Å². The summed E-state index contributed by atoms with van der Waals surface area (Å²) in [6, 6.07) is -8.92. The van der Waals surface area contributed by atoms with Crippen LogP contribution in [-0.2, 0) is 74.9 Å². The van der Waals surface area contributed by atoms with Crippen LogP contribution in [0.25, 0.3) is 0 Å². The fourth-order valence-corrected chi connectivity index (χ4v) is 15.5. The maximum Gasteiger partial charge on any atom is 0.417 e. The lowest BCUT2D eigenvalue weighted by atomic mass is 9.84. The molecule has 13 amide bonds. The molecule has 3 saturated carbocycles. The highest BCUT2D eigenvalue weighted by Gasteiger charge is 2.52. The van der Waals surface area contributed by atoms with Crippen molar-refractivity contribution in [1.82, 2.24) is 64.9 Å². The maximum absolute atomic E-state index is 15.7. The van der Waals surface area contributed by atoms with Crippen molar-refractivity contribution in [2.75, 3.05) is 90.6 Å². The van der Waals surface area contributed by atoms with E-state index in [2.05, 4.69) is 16.0 Å². The van der Waals surface area contributed by atoms with Crippen LogP contribution in [0.5, 0.6) is 0 Å². The summed E-state index contributed by atoms with van der Waals surface area (Å²) in [5.41, 5.74) is -2.63. The highest BCUT2D eigenvalue weighted by molar-refractivity contribution is 6.31. The third-order valence-electron chi connectivity index (χ3n) is 22.3. The number of carbonyl (C=O) groups excluding carboxylic acids is 13. The molecule has 1 spiro atoms. The third kappa shape index (κ3) is 20.5. The van der Waals surface area contributed by atoms with E-state index >= 15 is 24.0 Å². The van der Waals surface area contributed by atoms with Gasteiger partial charge in [0.2, 0.25) is 76.8 Å². The lowest BCUT2D eigenvalue weighted by Crippen LogP contribution is -2.65. The summed E-state index contributed by atoms with van der Waals surface area (Å²) in [6.45, 7) is 8.21. The van der Waals surface area contributed by atoms with Gasteiger partial charge in [-0.05, 0) is 106 Å². The van der Waals surface area contributed by atoms with Gasteiger partial charge in [-0.1, -0.05) is 110 Å².